The normalized spacial score (nSPS) is 14.6. The molecule has 1 aromatic carbocycles. The highest BCUT2D eigenvalue weighted by atomic mass is 16.2. The Morgan fingerprint density at radius 1 is 1.29 bits per heavy atom. The number of aromatic nitrogens is 2. The lowest BCUT2D eigenvalue weighted by Gasteiger charge is -2.39. The van der Waals surface area contributed by atoms with Crippen molar-refractivity contribution in [3.8, 4) is 0 Å². The molecule has 1 amide bonds. The van der Waals surface area contributed by atoms with Crippen LogP contribution in [0.1, 0.15) is 11.1 Å². The largest absolute Gasteiger partial charge is 0.348 e. The van der Waals surface area contributed by atoms with Crippen LogP contribution in [0, 0.1) is 6.92 Å². The number of hydrogen-bond donors (Lipinski definition) is 1. The Kier molecular flexibility index (Phi) is 3.81. The fraction of sp³-hybridized carbons (Fsp3) is 0.312. The molecule has 0 saturated carbocycles. The second-order valence-electron chi connectivity index (χ2n) is 5.38. The molecule has 1 fully saturated rings. The van der Waals surface area contributed by atoms with E-state index in [2.05, 4.69) is 21.4 Å². The number of nitrogens with one attached hydrogen (secondary N) is 1. The van der Waals surface area contributed by atoms with E-state index >= 15 is 0 Å². The van der Waals surface area contributed by atoms with Gasteiger partial charge in [-0.2, -0.15) is 0 Å². The molecular formula is C16H18N4O. The molecule has 108 valence electrons. The summed E-state index contributed by atoms with van der Waals surface area (Å²) in [6.07, 6.45) is 3.87. The van der Waals surface area contributed by atoms with Crippen molar-refractivity contribution in [1.82, 2.24) is 14.9 Å². The molecule has 1 N–H and O–H groups in total. The fourth-order valence-electron chi connectivity index (χ4n) is 2.44. The molecule has 2 heterocycles. The predicted octanol–water partition coefficient (Wildman–Crippen LogP) is 1.65. The van der Waals surface area contributed by atoms with Crippen LogP contribution in [0.5, 0.6) is 0 Å². The van der Waals surface area contributed by atoms with Gasteiger partial charge in [0.25, 0.3) is 0 Å². The molecule has 0 spiro atoms. The van der Waals surface area contributed by atoms with Crippen molar-refractivity contribution >= 4 is 11.9 Å². The van der Waals surface area contributed by atoms with Crippen LogP contribution in [-0.4, -0.2) is 39.9 Å². The Balaban J connectivity index is 1.48. The summed E-state index contributed by atoms with van der Waals surface area (Å²) < 4.78 is 0. The Morgan fingerprint density at radius 3 is 2.76 bits per heavy atom. The summed E-state index contributed by atoms with van der Waals surface area (Å²) in [5, 5.41) is 3.22. The number of hydrogen-bond acceptors (Lipinski definition) is 4. The third-order valence-corrected chi connectivity index (χ3v) is 3.57. The molecule has 2 aromatic rings. The molecule has 0 bridgehead atoms. The summed E-state index contributed by atoms with van der Waals surface area (Å²) in [6, 6.07) is 10.1. The molecule has 1 aliphatic rings. The average molecular weight is 282 g/mol. The van der Waals surface area contributed by atoms with E-state index in [1.165, 1.54) is 5.56 Å². The lowest BCUT2D eigenvalue weighted by atomic mass is 10.0. The number of carbonyl (C=O) groups excluding carboxylic acids is 1. The molecule has 5 nitrogen and oxygen atoms in total. The first-order valence-electron chi connectivity index (χ1n) is 7.07. The van der Waals surface area contributed by atoms with Gasteiger partial charge in [0.15, 0.2) is 0 Å². The second-order valence-corrected chi connectivity index (χ2v) is 5.38. The first kappa shape index (κ1) is 13.5. The van der Waals surface area contributed by atoms with Crippen molar-refractivity contribution in [3.63, 3.8) is 0 Å². The van der Waals surface area contributed by atoms with Gasteiger partial charge in [-0.25, -0.2) is 9.97 Å². The molecular weight excluding hydrogens is 264 g/mol. The summed E-state index contributed by atoms with van der Waals surface area (Å²) >= 11 is 0. The molecule has 0 unspecified atom stereocenters. The number of amides is 1. The molecule has 0 radical (unpaired) electrons. The smallest absolute Gasteiger partial charge is 0.227 e. The van der Waals surface area contributed by atoms with Crippen LogP contribution < -0.4 is 5.32 Å². The van der Waals surface area contributed by atoms with E-state index in [-0.39, 0.29) is 11.9 Å². The lowest BCUT2D eigenvalue weighted by molar-refractivity contribution is -0.134. The van der Waals surface area contributed by atoms with Crippen molar-refractivity contribution in [2.24, 2.45) is 0 Å². The van der Waals surface area contributed by atoms with Crippen molar-refractivity contribution in [2.45, 2.75) is 19.4 Å². The molecule has 3 rings (SSSR count). The minimum Gasteiger partial charge on any atom is -0.348 e. The van der Waals surface area contributed by atoms with Crippen LogP contribution in [0.4, 0.5) is 5.95 Å². The highest BCUT2D eigenvalue weighted by Crippen LogP contribution is 2.14. The van der Waals surface area contributed by atoms with E-state index in [9.17, 15) is 4.79 Å². The quantitative estimate of drug-likeness (QED) is 0.926. The lowest BCUT2D eigenvalue weighted by Crippen LogP contribution is -2.57. The minimum absolute atomic E-state index is 0.174. The number of nitrogens with zero attached hydrogens (tertiary/aromatic N) is 3. The van der Waals surface area contributed by atoms with E-state index in [1.54, 1.807) is 18.5 Å². The third-order valence-electron chi connectivity index (χ3n) is 3.57. The van der Waals surface area contributed by atoms with Gasteiger partial charge in [-0.05, 0) is 18.6 Å². The zero-order chi connectivity index (χ0) is 14.7. The van der Waals surface area contributed by atoms with Gasteiger partial charge in [-0.3, -0.25) is 4.79 Å². The molecule has 0 atom stereocenters. The zero-order valence-electron chi connectivity index (χ0n) is 12.0. The molecule has 1 aromatic heterocycles. The van der Waals surface area contributed by atoms with Gasteiger partial charge in [0.05, 0.1) is 12.5 Å². The summed E-state index contributed by atoms with van der Waals surface area (Å²) in [6.45, 7) is 3.46. The van der Waals surface area contributed by atoms with E-state index < -0.39 is 0 Å². The van der Waals surface area contributed by atoms with Crippen LogP contribution in [0.2, 0.25) is 0 Å². The predicted molar refractivity (Wildman–Crippen MR) is 80.9 cm³/mol. The number of likely N-dealkylation sites (tertiary alicyclic amines) is 1. The van der Waals surface area contributed by atoms with Gasteiger partial charge >= 0.3 is 0 Å². The standard InChI is InChI=1S/C16H18N4O/c1-12-4-2-5-13(8-12)9-15(21)20-10-14(11-20)19-16-17-6-3-7-18-16/h2-8,14H,9-11H2,1H3,(H,17,18,19). The number of benzene rings is 1. The van der Waals surface area contributed by atoms with Crippen molar-refractivity contribution in [1.29, 1.82) is 0 Å². The zero-order valence-corrected chi connectivity index (χ0v) is 12.0. The van der Waals surface area contributed by atoms with E-state index in [1.807, 2.05) is 30.0 Å². The molecule has 5 heteroatoms. The average Bonchev–Trinajstić information content (AvgIpc) is 2.43. The van der Waals surface area contributed by atoms with E-state index in [0.717, 1.165) is 5.56 Å². The van der Waals surface area contributed by atoms with Crippen molar-refractivity contribution < 1.29 is 4.79 Å². The van der Waals surface area contributed by atoms with Crippen LogP contribution in [-0.2, 0) is 11.2 Å². The molecule has 1 saturated heterocycles. The molecule has 1 aliphatic heterocycles. The number of anilines is 1. The topological polar surface area (TPSA) is 58.1 Å². The van der Waals surface area contributed by atoms with Crippen LogP contribution >= 0.6 is 0 Å². The summed E-state index contributed by atoms with van der Waals surface area (Å²) in [4.78, 5) is 22.3. The molecule has 0 aliphatic carbocycles. The first-order valence-corrected chi connectivity index (χ1v) is 7.07. The maximum absolute atomic E-state index is 12.2. The van der Waals surface area contributed by atoms with Crippen LogP contribution in [0.25, 0.3) is 0 Å². The Morgan fingerprint density at radius 2 is 2.05 bits per heavy atom. The minimum atomic E-state index is 0.174. The Bertz CT molecular complexity index is 623. The van der Waals surface area contributed by atoms with Gasteiger partial charge in [-0.15, -0.1) is 0 Å². The maximum Gasteiger partial charge on any atom is 0.227 e. The number of aryl methyl sites for hydroxylation is 1. The fourth-order valence-corrected chi connectivity index (χ4v) is 2.44. The molecule has 21 heavy (non-hydrogen) atoms. The van der Waals surface area contributed by atoms with Gasteiger partial charge in [0.1, 0.15) is 0 Å². The van der Waals surface area contributed by atoms with Gasteiger partial charge in [0.2, 0.25) is 11.9 Å². The van der Waals surface area contributed by atoms with Crippen LogP contribution in [0.3, 0.4) is 0 Å². The van der Waals surface area contributed by atoms with E-state index in [0.29, 0.717) is 25.5 Å². The SMILES string of the molecule is Cc1cccc(CC(=O)N2CC(Nc3ncccn3)C2)c1. The Labute approximate surface area is 124 Å². The van der Waals surface area contributed by atoms with Gasteiger partial charge in [-0.1, -0.05) is 29.8 Å². The van der Waals surface area contributed by atoms with Crippen molar-refractivity contribution in [3.05, 3.63) is 53.9 Å². The van der Waals surface area contributed by atoms with Crippen molar-refractivity contribution in [2.75, 3.05) is 18.4 Å². The van der Waals surface area contributed by atoms with Gasteiger partial charge in [0, 0.05) is 25.5 Å². The second kappa shape index (κ2) is 5.91. The first-order chi connectivity index (χ1) is 10.2. The Hall–Kier alpha value is -2.43. The highest BCUT2D eigenvalue weighted by molar-refractivity contribution is 5.79. The third kappa shape index (κ3) is 3.37. The summed E-state index contributed by atoms with van der Waals surface area (Å²) in [7, 11) is 0. The summed E-state index contributed by atoms with van der Waals surface area (Å²) in [5.41, 5.74) is 2.26. The highest BCUT2D eigenvalue weighted by Gasteiger charge is 2.30. The summed E-state index contributed by atoms with van der Waals surface area (Å²) in [5.74, 6) is 0.793. The van der Waals surface area contributed by atoms with E-state index in [4.69, 9.17) is 0 Å². The number of carbonyl (C=O) groups is 1. The monoisotopic (exact) mass is 282 g/mol. The maximum atomic E-state index is 12.2. The van der Waals surface area contributed by atoms with Gasteiger partial charge < -0.3 is 10.2 Å². The van der Waals surface area contributed by atoms with Crippen LogP contribution in [0.15, 0.2) is 42.7 Å². The number of rotatable bonds is 4.